The Labute approximate surface area is 169 Å². The number of nitrogens with one attached hydrogen (secondary N) is 1. The van der Waals surface area contributed by atoms with E-state index in [2.05, 4.69) is 31.5 Å². The zero-order valence-electron chi connectivity index (χ0n) is 16.2. The first-order valence-corrected chi connectivity index (χ1v) is 10.1. The van der Waals surface area contributed by atoms with E-state index in [9.17, 15) is 4.79 Å². The molecule has 0 spiro atoms. The second-order valence-corrected chi connectivity index (χ2v) is 8.00. The van der Waals surface area contributed by atoms with Crippen LogP contribution in [0.1, 0.15) is 27.6 Å². The SMILES string of the molecule is O=C(NCc1ccccc1)c1nnc2n1C[C@@H]1CN(Cc3cccnc3)C[C@@H]1C2. The Hall–Kier alpha value is -3.06. The Kier molecular flexibility index (Phi) is 4.81. The Bertz CT molecular complexity index is 987. The number of carbonyl (C=O) groups is 1. The van der Waals surface area contributed by atoms with Gasteiger partial charge >= 0.3 is 0 Å². The smallest absolute Gasteiger partial charge is 0.289 e. The van der Waals surface area contributed by atoms with Gasteiger partial charge in [-0.05, 0) is 29.0 Å². The minimum atomic E-state index is -0.156. The van der Waals surface area contributed by atoms with Gasteiger partial charge in [-0.25, -0.2) is 0 Å². The van der Waals surface area contributed by atoms with Crippen molar-refractivity contribution >= 4 is 5.91 Å². The molecular formula is C22H24N6O. The zero-order valence-corrected chi connectivity index (χ0v) is 16.2. The number of benzene rings is 1. The summed E-state index contributed by atoms with van der Waals surface area (Å²) in [6.45, 7) is 4.31. The van der Waals surface area contributed by atoms with Crippen molar-refractivity contribution in [1.29, 1.82) is 0 Å². The number of fused-ring (bicyclic) bond motifs is 2. The molecule has 3 aromatic rings. The molecule has 1 N–H and O–H groups in total. The van der Waals surface area contributed by atoms with Gasteiger partial charge in [-0.2, -0.15) is 0 Å². The highest BCUT2D eigenvalue weighted by molar-refractivity contribution is 5.90. The summed E-state index contributed by atoms with van der Waals surface area (Å²) in [6.07, 6.45) is 4.63. The van der Waals surface area contributed by atoms with Gasteiger partial charge in [0.25, 0.3) is 5.91 Å². The van der Waals surface area contributed by atoms with Crippen molar-refractivity contribution in [3.05, 3.63) is 77.6 Å². The third kappa shape index (κ3) is 3.78. The van der Waals surface area contributed by atoms with Crippen molar-refractivity contribution in [2.24, 2.45) is 11.8 Å². The number of amides is 1. The average molecular weight is 388 g/mol. The van der Waals surface area contributed by atoms with E-state index in [1.165, 1.54) is 5.56 Å². The van der Waals surface area contributed by atoms with Crippen molar-refractivity contribution < 1.29 is 4.79 Å². The van der Waals surface area contributed by atoms with Gasteiger partial charge in [-0.3, -0.25) is 14.7 Å². The van der Waals surface area contributed by atoms with E-state index in [0.717, 1.165) is 44.0 Å². The highest BCUT2D eigenvalue weighted by Crippen LogP contribution is 2.33. The van der Waals surface area contributed by atoms with Gasteiger partial charge in [0, 0.05) is 51.5 Å². The monoisotopic (exact) mass is 388 g/mol. The van der Waals surface area contributed by atoms with Gasteiger partial charge in [0.1, 0.15) is 5.82 Å². The number of likely N-dealkylation sites (tertiary alicyclic amines) is 1. The molecule has 148 valence electrons. The minimum absolute atomic E-state index is 0.156. The number of nitrogens with zero attached hydrogens (tertiary/aromatic N) is 5. The van der Waals surface area contributed by atoms with E-state index in [-0.39, 0.29) is 5.91 Å². The van der Waals surface area contributed by atoms with E-state index in [4.69, 9.17) is 0 Å². The lowest BCUT2D eigenvalue weighted by Gasteiger charge is -2.25. The molecule has 5 rings (SSSR count). The van der Waals surface area contributed by atoms with Crippen LogP contribution >= 0.6 is 0 Å². The highest BCUT2D eigenvalue weighted by atomic mass is 16.2. The molecule has 2 atom stereocenters. The fraction of sp³-hybridized carbons (Fsp3) is 0.364. The maximum atomic E-state index is 12.7. The Balaban J connectivity index is 1.24. The van der Waals surface area contributed by atoms with Crippen molar-refractivity contribution in [3.8, 4) is 0 Å². The third-order valence-corrected chi connectivity index (χ3v) is 5.97. The lowest BCUT2D eigenvalue weighted by Crippen LogP contribution is -2.32. The van der Waals surface area contributed by atoms with Crippen LogP contribution in [0.25, 0.3) is 0 Å². The molecule has 7 heteroatoms. The molecule has 2 aromatic heterocycles. The second kappa shape index (κ2) is 7.75. The predicted molar refractivity (Wildman–Crippen MR) is 108 cm³/mol. The number of hydrogen-bond donors (Lipinski definition) is 1. The summed E-state index contributed by atoms with van der Waals surface area (Å²) in [4.78, 5) is 19.4. The molecule has 0 radical (unpaired) electrons. The molecule has 1 saturated heterocycles. The highest BCUT2D eigenvalue weighted by Gasteiger charge is 2.39. The molecule has 7 nitrogen and oxygen atoms in total. The number of hydrogen-bond acceptors (Lipinski definition) is 5. The molecule has 1 fully saturated rings. The van der Waals surface area contributed by atoms with Crippen LogP contribution in [0.15, 0.2) is 54.9 Å². The fourth-order valence-corrected chi connectivity index (χ4v) is 4.53. The molecule has 0 unspecified atom stereocenters. The molecule has 2 aliphatic rings. The number of rotatable bonds is 5. The van der Waals surface area contributed by atoms with Crippen LogP contribution in [-0.2, 0) is 26.1 Å². The molecule has 0 aliphatic carbocycles. The summed E-state index contributed by atoms with van der Waals surface area (Å²) >= 11 is 0. The molecule has 4 heterocycles. The van der Waals surface area contributed by atoms with Crippen LogP contribution in [0, 0.1) is 11.8 Å². The van der Waals surface area contributed by atoms with Crippen LogP contribution < -0.4 is 5.32 Å². The van der Waals surface area contributed by atoms with Crippen LogP contribution in [0.3, 0.4) is 0 Å². The topological polar surface area (TPSA) is 75.9 Å². The maximum absolute atomic E-state index is 12.7. The van der Waals surface area contributed by atoms with Crippen LogP contribution in [0.2, 0.25) is 0 Å². The van der Waals surface area contributed by atoms with Crippen molar-refractivity contribution in [2.45, 2.75) is 26.1 Å². The molecule has 1 aromatic carbocycles. The second-order valence-electron chi connectivity index (χ2n) is 8.00. The lowest BCUT2D eigenvalue weighted by molar-refractivity contribution is 0.0932. The number of carbonyl (C=O) groups excluding carboxylic acids is 1. The number of aromatic nitrogens is 4. The van der Waals surface area contributed by atoms with Crippen molar-refractivity contribution in [2.75, 3.05) is 13.1 Å². The largest absolute Gasteiger partial charge is 0.345 e. The summed E-state index contributed by atoms with van der Waals surface area (Å²) in [5.41, 5.74) is 2.31. The van der Waals surface area contributed by atoms with E-state index in [1.54, 1.807) is 0 Å². The normalized spacial score (nSPS) is 20.8. The Morgan fingerprint density at radius 2 is 1.83 bits per heavy atom. The van der Waals surface area contributed by atoms with Crippen molar-refractivity contribution in [3.63, 3.8) is 0 Å². The van der Waals surface area contributed by atoms with Gasteiger partial charge in [0.15, 0.2) is 0 Å². The van der Waals surface area contributed by atoms with Gasteiger partial charge < -0.3 is 9.88 Å². The molecule has 0 bridgehead atoms. The van der Waals surface area contributed by atoms with Gasteiger partial charge in [-0.15, -0.1) is 10.2 Å². The summed E-state index contributed by atoms with van der Waals surface area (Å²) in [7, 11) is 0. The summed E-state index contributed by atoms with van der Waals surface area (Å²) < 4.78 is 2.02. The Morgan fingerprint density at radius 1 is 1.00 bits per heavy atom. The van der Waals surface area contributed by atoms with Crippen LogP contribution in [-0.4, -0.2) is 43.6 Å². The number of pyridine rings is 1. The fourth-order valence-electron chi connectivity index (χ4n) is 4.53. The molecule has 1 amide bonds. The van der Waals surface area contributed by atoms with E-state index < -0.39 is 0 Å². The van der Waals surface area contributed by atoms with Gasteiger partial charge in [-0.1, -0.05) is 36.4 Å². The van der Waals surface area contributed by atoms with Crippen LogP contribution in [0.4, 0.5) is 0 Å². The molecule has 0 saturated carbocycles. The predicted octanol–water partition coefficient (Wildman–Crippen LogP) is 1.91. The first-order valence-electron chi connectivity index (χ1n) is 10.1. The lowest BCUT2D eigenvalue weighted by atomic mass is 9.89. The quantitative estimate of drug-likeness (QED) is 0.723. The molecular weight excluding hydrogens is 364 g/mol. The van der Waals surface area contributed by atoms with E-state index >= 15 is 0 Å². The van der Waals surface area contributed by atoms with E-state index in [1.807, 2.05) is 53.4 Å². The first-order chi connectivity index (χ1) is 14.3. The molecule has 2 aliphatic heterocycles. The standard InChI is InChI=1S/C22H24N6O/c29-22(24-11-16-5-2-1-3-6-16)21-26-25-20-9-18-13-27(14-19(18)15-28(20)21)12-17-7-4-8-23-10-17/h1-8,10,18-19H,9,11-15H2,(H,24,29)/t18-,19-/m0/s1. The minimum Gasteiger partial charge on any atom is -0.345 e. The average Bonchev–Trinajstić information content (AvgIpc) is 3.34. The van der Waals surface area contributed by atoms with E-state index in [0.29, 0.717) is 24.2 Å². The zero-order chi connectivity index (χ0) is 19.6. The summed E-state index contributed by atoms with van der Waals surface area (Å²) in [5.74, 6) is 2.30. The molecule has 29 heavy (non-hydrogen) atoms. The summed E-state index contributed by atoms with van der Waals surface area (Å²) in [5, 5.41) is 11.5. The van der Waals surface area contributed by atoms with Crippen LogP contribution in [0.5, 0.6) is 0 Å². The third-order valence-electron chi connectivity index (χ3n) is 5.97. The van der Waals surface area contributed by atoms with Gasteiger partial charge in [0.05, 0.1) is 0 Å². The maximum Gasteiger partial charge on any atom is 0.289 e. The summed E-state index contributed by atoms with van der Waals surface area (Å²) in [6, 6.07) is 14.0. The first kappa shape index (κ1) is 18.0. The Morgan fingerprint density at radius 3 is 2.66 bits per heavy atom. The van der Waals surface area contributed by atoms with Crippen molar-refractivity contribution in [1.82, 2.24) is 30.0 Å². The van der Waals surface area contributed by atoms with Gasteiger partial charge in [0.2, 0.25) is 5.82 Å².